The molecule has 0 atom stereocenters. The summed E-state index contributed by atoms with van der Waals surface area (Å²) in [7, 11) is 0. The molecule has 0 heterocycles. The van der Waals surface area contributed by atoms with E-state index in [1.807, 2.05) is 0 Å². The van der Waals surface area contributed by atoms with E-state index in [0.717, 1.165) is 0 Å². The second kappa shape index (κ2) is 3.53. The molecule has 12 heavy (non-hydrogen) atoms. The second-order valence-electron chi connectivity index (χ2n) is 3.80. The molecule has 1 heteroatoms. The van der Waals surface area contributed by atoms with Crippen LogP contribution in [0.25, 0.3) is 0 Å². The van der Waals surface area contributed by atoms with Crippen molar-refractivity contribution in [3.05, 3.63) is 44.8 Å². The van der Waals surface area contributed by atoms with E-state index >= 15 is 0 Å². The molecule has 0 unspecified atom stereocenters. The van der Waals surface area contributed by atoms with E-state index in [-0.39, 0.29) is 0 Å². The Morgan fingerprint density at radius 3 is 1.83 bits per heavy atom. The van der Waals surface area contributed by atoms with Gasteiger partial charge in [-0.25, -0.2) is 0 Å². The van der Waals surface area contributed by atoms with Crippen LogP contribution < -0.4 is 0 Å². The molecule has 0 spiro atoms. The Hall–Kier alpha value is -0.417. The van der Waals surface area contributed by atoms with Crippen molar-refractivity contribution in [2.45, 2.75) is 18.4 Å². The van der Waals surface area contributed by atoms with E-state index in [2.05, 4.69) is 42.0 Å². The van der Waals surface area contributed by atoms with Crippen LogP contribution in [0.3, 0.4) is 0 Å². The molecule has 0 saturated heterocycles. The van der Waals surface area contributed by atoms with Crippen molar-refractivity contribution in [3.63, 3.8) is 0 Å². The molecule has 0 nitrogen and oxygen atoms in total. The molecular weight excluding hydrogens is 198 g/mol. The van der Waals surface area contributed by atoms with Gasteiger partial charge < -0.3 is 0 Å². The fraction of sp³-hybridized carbons (Fsp3) is 0.273. The molecule has 0 aliphatic heterocycles. The Labute approximate surface area is 79.3 Å². The van der Waals surface area contributed by atoms with E-state index < -0.39 is 16.0 Å². The third kappa shape index (κ3) is 1.52. The Kier molecular flexibility index (Phi) is 2.41. The van der Waals surface area contributed by atoms with E-state index in [1.165, 1.54) is 12.8 Å². The van der Waals surface area contributed by atoms with Gasteiger partial charge in [-0.05, 0) is 0 Å². The molecule has 0 saturated carbocycles. The van der Waals surface area contributed by atoms with Crippen LogP contribution >= 0.6 is 0 Å². The first-order valence-corrected chi connectivity index (χ1v) is 10.8. The monoisotopic (exact) mass is 209 g/mol. The topological polar surface area (TPSA) is 0 Å². The molecule has 0 amide bonds. The zero-order valence-electron chi connectivity index (χ0n) is 7.59. The molecule has 2 aliphatic carbocycles. The van der Waals surface area contributed by atoms with E-state index in [1.54, 1.807) is 8.33 Å². The molecule has 0 bridgehead atoms. The predicted molar refractivity (Wildman–Crippen MR) is 49.5 cm³/mol. The standard InChI is InChI=1S/2C5H5.CH3.Zn/c2*1-2-4-5-3-1;;/h2*1-3H,4H2;1H3;. The van der Waals surface area contributed by atoms with Crippen molar-refractivity contribution in [2.24, 2.45) is 0 Å². The van der Waals surface area contributed by atoms with Gasteiger partial charge in [-0.2, -0.15) is 0 Å². The van der Waals surface area contributed by atoms with E-state index in [0.29, 0.717) is 0 Å². The summed E-state index contributed by atoms with van der Waals surface area (Å²) < 4.78 is 3.54. The Bertz CT molecular complexity index is 262. The average Bonchev–Trinajstić information content (AvgIpc) is 2.77. The maximum atomic E-state index is 2.51. The summed E-state index contributed by atoms with van der Waals surface area (Å²) in [5, 5.41) is 0. The summed E-state index contributed by atoms with van der Waals surface area (Å²) in [5.41, 5.74) is 2.51. The number of rotatable bonds is 2. The van der Waals surface area contributed by atoms with Crippen molar-refractivity contribution in [2.75, 3.05) is 0 Å². The van der Waals surface area contributed by atoms with Crippen LogP contribution in [0.1, 0.15) is 12.8 Å². The fourth-order valence-corrected chi connectivity index (χ4v) is 7.86. The zero-order chi connectivity index (χ0) is 8.39. The van der Waals surface area contributed by atoms with Gasteiger partial charge in [0.1, 0.15) is 0 Å². The van der Waals surface area contributed by atoms with Crippen LogP contribution in [0, 0.1) is 0 Å². The van der Waals surface area contributed by atoms with Gasteiger partial charge in [0.05, 0.1) is 0 Å². The first-order valence-electron chi connectivity index (χ1n) is 4.85. The molecule has 0 aromatic heterocycles. The number of hydrogen-bond donors (Lipinski definition) is 0. The van der Waals surface area contributed by atoms with E-state index in [4.69, 9.17) is 0 Å². The third-order valence-corrected chi connectivity index (χ3v) is 11.0. The van der Waals surface area contributed by atoms with Gasteiger partial charge in [0.25, 0.3) is 0 Å². The van der Waals surface area contributed by atoms with Crippen LogP contribution in [0.5, 0.6) is 0 Å². The van der Waals surface area contributed by atoms with Gasteiger partial charge in [-0.15, -0.1) is 0 Å². The summed E-state index contributed by atoms with van der Waals surface area (Å²) in [4.78, 5) is 0. The molecule has 59 valence electrons. The molecule has 0 aromatic rings. The SMILES string of the molecule is [CH3][Zn]([C]1=CC=CC1)[C]1=CC=CC1. The normalized spacial score (nSPS) is 19.8. The quantitative estimate of drug-likeness (QED) is 0.614. The summed E-state index contributed by atoms with van der Waals surface area (Å²) in [6.07, 6.45) is 16.2. The number of hydrogen-bond acceptors (Lipinski definition) is 0. The van der Waals surface area contributed by atoms with Crippen molar-refractivity contribution in [3.8, 4) is 0 Å². The zero-order valence-corrected chi connectivity index (χ0v) is 10.6. The minimum absolute atomic E-state index is 1.24. The van der Waals surface area contributed by atoms with Crippen LogP contribution in [-0.4, -0.2) is 0 Å². The van der Waals surface area contributed by atoms with Crippen molar-refractivity contribution in [1.82, 2.24) is 0 Å². The predicted octanol–water partition coefficient (Wildman–Crippen LogP) is 3.34. The first kappa shape index (κ1) is 8.19. The van der Waals surface area contributed by atoms with Crippen LogP contribution in [0.15, 0.2) is 44.8 Å². The number of allylic oxidation sites excluding steroid dienone is 8. The van der Waals surface area contributed by atoms with Gasteiger partial charge in [0.15, 0.2) is 0 Å². The van der Waals surface area contributed by atoms with Crippen LogP contribution in [-0.2, 0) is 16.0 Å². The van der Waals surface area contributed by atoms with Gasteiger partial charge in [0.2, 0.25) is 0 Å². The van der Waals surface area contributed by atoms with Crippen molar-refractivity contribution < 1.29 is 16.0 Å². The van der Waals surface area contributed by atoms with Gasteiger partial charge in [-0.3, -0.25) is 0 Å². The maximum absolute atomic E-state index is 2.51. The third-order valence-electron chi connectivity index (χ3n) is 3.06. The molecule has 0 radical (unpaired) electrons. The summed E-state index contributed by atoms with van der Waals surface area (Å²) >= 11 is -1.39. The summed E-state index contributed by atoms with van der Waals surface area (Å²) in [6, 6.07) is 0. The molecule has 0 fully saturated rings. The molecule has 2 aliphatic rings. The van der Waals surface area contributed by atoms with Gasteiger partial charge >= 0.3 is 79.1 Å². The average molecular weight is 211 g/mol. The minimum atomic E-state index is -1.39. The van der Waals surface area contributed by atoms with Crippen molar-refractivity contribution in [1.29, 1.82) is 0 Å². The Morgan fingerprint density at radius 1 is 1.00 bits per heavy atom. The molecule has 2 rings (SSSR count). The molecule has 0 aromatic carbocycles. The fourth-order valence-electron chi connectivity index (χ4n) is 2.06. The second-order valence-corrected chi connectivity index (χ2v) is 11.3. The van der Waals surface area contributed by atoms with Crippen molar-refractivity contribution >= 4 is 0 Å². The molecule has 0 N–H and O–H groups in total. The first-order chi connectivity index (χ1) is 5.88. The van der Waals surface area contributed by atoms with E-state index in [9.17, 15) is 0 Å². The summed E-state index contributed by atoms with van der Waals surface area (Å²) in [5.74, 6) is 0. The Morgan fingerprint density at radius 2 is 1.50 bits per heavy atom. The summed E-state index contributed by atoms with van der Waals surface area (Å²) in [6.45, 7) is 0. The van der Waals surface area contributed by atoms with Crippen LogP contribution in [0.2, 0.25) is 5.52 Å². The van der Waals surface area contributed by atoms with Crippen LogP contribution in [0.4, 0.5) is 0 Å². The van der Waals surface area contributed by atoms with Gasteiger partial charge in [-0.1, -0.05) is 0 Å². The molecular formula is C11H13Zn. The Balaban J connectivity index is 2.05. The van der Waals surface area contributed by atoms with Gasteiger partial charge in [0, 0.05) is 0 Å².